The van der Waals surface area contributed by atoms with Gasteiger partial charge in [-0.1, -0.05) is 0 Å². The van der Waals surface area contributed by atoms with E-state index in [-0.39, 0.29) is 11.9 Å². The highest BCUT2D eigenvalue weighted by atomic mass is 16.6. The molecule has 1 aliphatic heterocycles. The Morgan fingerprint density at radius 3 is 2.75 bits per heavy atom. The topological polar surface area (TPSA) is 93.8 Å². The molecule has 1 fully saturated rings. The van der Waals surface area contributed by atoms with E-state index in [9.17, 15) is 9.59 Å². The van der Waals surface area contributed by atoms with Crippen molar-refractivity contribution in [2.45, 2.75) is 39.2 Å². The van der Waals surface area contributed by atoms with E-state index in [0.29, 0.717) is 18.6 Å². The third-order valence-electron chi connectivity index (χ3n) is 2.35. The number of urea groups is 1. The highest BCUT2D eigenvalue weighted by Crippen LogP contribution is 2.32. The lowest BCUT2D eigenvalue weighted by atomic mass is 9.93. The number of rotatable bonds is 3. The van der Waals surface area contributed by atoms with E-state index in [1.54, 1.807) is 6.92 Å². The maximum absolute atomic E-state index is 11.5. The van der Waals surface area contributed by atoms with Gasteiger partial charge in [0, 0.05) is 18.6 Å². The highest BCUT2D eigenvalue weighted by molar-refractivity contribution is 5.88. The highest BCUT2D eigenvalue weighted by Gasteiger charge is 2.39. The molecule has 3 N–H and O–H groups in total. The normalized spacial score (nSPS) is 24.1. The van der Waals surface area contributed by atoms with Gasteiger partial charge in [0.25, 0.3) is 0 Å². The van der Waals surface area contributed by atoms with E-state index >= 15 is 0 Å². The summed E-state index contributed by atoms with van der Waals surface area (Å²) in [5.74, 6) is -0.396. The van der Waals surface area contributed by atoms with Crippen LogP contribution in [0, 0.1) is 5.92 Å². The fourth-order valence-electron chi connectivity index (χ4n) is 1.78. The minimum atomic E-state index is -0.714. The van der Waals surface area contributed by atoms with Crippen LogP contribution in [0.25, 0.3) is 0 Å². The number of ether oxygens (including phenoxy) is 1. The van der Waals surface area contributed by atoms with Crippen molar-refractivity contribution in [2.24, 2.45) is 16.8 Å². The summed E-state index contributed by atoms with van der Waals surface area (Å²) in [6.07, 6.45) is 1.14. The smallest absolute Gasteiger partial charge is 0.332 e. The fourth-order valence-corrected chi connectivity index (χ4v) is 1.78. The average Bonchev–Trinajstić information content (AvgIpc) is 2.36. The Balaban J connectivity index is 2.52. The predicted molar refractivity (Wildman–Crippen MR) is 58.7 cm³/mol. The molecule has 0 aromatic rings. The summed E-state index contributed by atoms with van der Waals surface area (Å²) in [6.45, 7) is 5.48. The number of primary amides is 1. The molecule has 0 radical (unpaired) electrons. The van der Waals surface area contributed by atoms with E-state index in [4.69, 9.17) is 10.5 Å². The van der Waals surface area contributed by atoms with Gasteiger partial charge in [0.15, 0.2) is 0 Å². The van der Waals surface area contributed by atoms with Crippen molar-refractivity contribution in [2.75, 3.05) is 0 Å². The average molecular weight is 227 g/mol. The third kappa shape index (κ3) is 3.52. The van der Waals surface area contributed by atoms with Crippen LogP contribution < -0.4 is 11.2 Å². The maximum Gasteiger partial charge on any atom is 0.332 e. The fraction of sp³-hybridized carbons (Fsp3) is 0.700. The number of carbonyl (C=O) groups excluding carboxylic acids is 2. The zero-order valence-corrected chi connectivity index (χ0v) is 9.74. The van der Waals surface area contributed by atoms with Crippen LogP contribution in [0.4, 0.5) is 4.79 Å². The van der Waals surface area contributed by atoms with Gasteiger partial charge in [-0.05, 0) is 20.8 Å². The number of amides is 2. The first-order chi connectivity index (χ1) is 7.30. The number of hydrogen-bond donors (Lipinski definition) is 2. The molecule has 1 unspecified atom stereocenters. The number of cyclic esters (lactones) is 1. The first kappa shape index (κ1) is 12.5. The Hall–Kier alpha value is -1.59. The summed E-state index contributed by atoms with van der Waals surface area (Å²) >= 11 is 0. The second kappa shape index (κ2) is 4.51. The molecule has 2 amide bonds. The van der Waals surface area contributed by atoms with Gasteiger partial charge in [-0.2, -0.15) is 5.10 Å². The Labute approximate surface area is 94.2 Å². The zero-order chi connectivity index (χ0) is 12.3. The summed E-state index contributed by atoms with van der Waals surface area (Å²) in [7, 11) is 0. The van der Waals surface area contributed by atoms with Crippen LogP contribution >= 0.6 is 0 Å². The van der Waals surface area contributed by atoms with Gasteiger partial charge in [-0.25, -0.2) is 10.2 Å². The lowest BCUT2D eigenvalue weighted by Gasteiger charge is -2.14. The number of carbonyl (C=O) groups is 2. The number of nitrogens with zero attached hydrogens (tertiary/aromatic N) is 1. The molecule has 0 aromatic carbocycles. The third-order valence-corrected chi connectivity index (χ3v) is 2.35. The van der Waals surface area contributed by atoms with Crippen molar-refractivity contribution in [1.82, 2.24) is 5.43 Å². The van der Waals surface area contributed by atoms with Crippen molar-refractivity contribution >= 4 is 17.7 Å². The summed E-state index contributed by atoms with van der Waals surface area (Å²) < 4.78 is 5.18. The van der Waals surface area contributed by atoms with Crippen LogP contribution in [-0.2, 0) is 9.53 Å². The molecule has 1 heterocycles. The standard InChI is InChI=1S/C10H17N3O3/c1-6(12-13-9(11)15)4-7-5-10(2,3)16-8(7)14/h7H,4-5H2,1-3H3,(H3,11,13,15)/b12-6+. The zero-order valence-electron chi connectivity index (χ0n) is 9.74. The largest absolute Gasteiger partial charge is 0.459 e. The van der Waals surface area contributed by atoms with Crippen molar-refractivity contribution in [1.29, 1.82) is 0 Å². The molecule has 1 atom stereocenters. The van der Waals surface area contributed by atoms with Gasteiger partial charge < -0.3 is 10.5 Å². The van der Waals surface area contributed by atoms with Crippen LogP contribution in [0.15, 0.2) is 5.10 Å². The summed E-state index contributed by atoms with van der Waals surface area (Å²) in [6, 6.07) is -0.714. The van der Waals surface area contributed by atoms with E-state index in [2.05, 4.69) is 10.5 Å². The van der Waals surface area contributed by atoms with Crippen molar-refractivity contribution in [3.63, 3.8) is 0 Å². The van der Waals surface area contributed by atoms with Crippen molar-refractivity contribution in [3.05, 3.63) is 0 Å². The molecule has 6 nitrogen and oxygen atoms in total. The predicted octanol–water partition coefficient (Wildman–Crippen LogP) is 0.762. The lowest BCUT2D eigenvalue weighted by Crippen LogP contribution is -2.26. The van der Waals surface area contributed by atoms with Crippen LogP contribution in [0.5, 0.6) is 0 Å². The van der Waals surface area contributed by atoms with E-state index in [1.165, 1.54) is 0 Å². The second-order valence-electron chi connectivity index (χ2n) is 4.61. The van der Waals surface area contributed by atoms with Gasteiger partial charge in [-0.3, -0.25) is 4.79 Å². The molecule has 0 saturated carbocycles. The molecule has 0 bridgehead atoms. The van der Waals surface area contributed by atoms with Crippen molar-refractivity contribution < 1.29 is 14.3 Å². The van der Waals surface area contributed by atoms with E-state index < -0.39 is 11.6 Å². The molecule has 0 aromatic heterocycles. The molecule has 1 aliphatic rings. The molecule has 1 rings (SSSR count). The molecule has 6 heteroatoms. The lowest BCUT2D eigenvalue weighted by molar-refractivity contribution is -0.148. The Morgan fingerprint density at radius 1 is 1.69 bits per heavy atom. The Bertz CT molecular complexity index is 336. The number of hydrogen-bond acceptors (Lipinski definition) is 4. The molecular formula is C10H17N3O3. The number of nitrogens with two attached hydrogens (primary N) is 1. The minimum absolute atomic E-state index is 0.187. The maximum atomic E-state index is 11.5. The Morgan fingerprint density at radius 2 is 2.31 bits per heavy atom. The summed E-state index contributed by atoms with van der Waals surface area (Å²) in [5.41, 5.74) is 7.25. The Kier molecular flexibility index (Phi) is 3.51. The van der Waals surface area contributed by atoms with Gasteiger partial charge in [0.2, 0.25) is 0 Å². The van der Waals surface area contributed by atoms with E-state index in [1.807, 2.05) is 13.8 Å². The first-order valence-electron chi connectivity index (χ1n) is 5.11. The summed E-state index contributed by atoms with van der Waals surface area (Å²) in [5, 5.41) is 3.75. The molecule has 1 saturated heterocycles. The van der Waals surface area contributed by atoms with E-state index in [0.717, 1.165) is 0 Å². The first-order valence-corrected chi connectivity index (χ1v) is 5.11. The second-order valence-corrected chi connectivity index (χ2v) is 4.61. The monoisotopic (exact) mass is 227 g/mol. The van der Waals surface area contributed by atoms with Crippen molar-refractivity contribution in [3.8, 4) is 0 Å². The molecule has 16 heavy (non-hydrogen) atoms. The van der Waals surface area contributed by atoms with Crippen LogP contribution in [0.1, 0.15) is 33.6 Å². The molecule has 90 valence electrons. The molecule has 0 aliphatic carbocycles. The SMILES string of the molecule is C/C(CC1CC(C)(C)OC1=O)=N\NC(N)=O. The van der Waals surface area contributed by atoms with Crippen LogP contribution in [0.3, 0.4) is 0 Å². The van der Waals surface area contributed by atoms with Gasteiger partial charge in [-0.15, -0.1) is 0 Å². The van der Waals surface area contributed by atoms with Gasteiger partial charge >= 0.3 is 12.0 Å². The van der Waals surface area contributed by atoms with Gasteiger partial charge in [0.05, 0.1) is 5.92 Å². The van der Waals surface area contributed by atoms with Crippen LogP contribution in [-0.4, -0.2) is 23.3 Å². The number of esters is 1. The number of nitrogens with one attached hydrogen (secondary N) is 1. The van der Waals surface area contributed by atoms with Gasteiger partial charge in [0.1, 0.15) is 5.60 Å². The molecular weight excluding hydrogens is 210 g/mol. The number of hydrazone groups is 1. The summed E-state index contributed by atoms with van der Waals surface area (Å²) in [4.78, 5) is 21.9. The molecule has 0 spiro atoms. The quantitative estimate of drug-likeness (QED) is 0.423. The minimum Gasteiger partial charge on any atom is -0.459 e. The van der Waals surface area contributed by atoms with Crippen LogP contribution in [0.2, 0.25) is 0 Å².